The van der Waals surface area contributed by atoms with Crippen molar-refractivity contribution in [3.8, 4) is 0 Å². The average Bonchev–Trinajstić information content (AvgIpc) is 3.25. The molecule has 0 unspecified atom stereocenters. The highest BCUT2D eigenvalue weighted by Gasteiger charge is 2.48. The van der Waals surface area contributed by atoms with Gasteiger partial charge in [0.15, 0.2) is 0 Å². The largest absolute Gasteiger partial charge is 0.343 e. The van der Waals surface area contributed by atoms with Crippen LogP contribution >= 0.6 is 0 Å². The number of hydrogen-bond donors (Lipinski definition) is 2. The minimum Gasteiger partial charge on any atom is -0.343 e. The number of nitrogens with one attached hydrogen (secondary N) is 2. The van der Waals surface area contributed by atoms with E-state index in [1.165, 1.54) is 5.56 Å². The van der Waals surface area contributed by atoms with Gasteiger partial charge >= 0.3 is 6.03 Å². The van der Waals surface area contributed by atoms with Gasteiger partial charge < -0.3 is 14.8 Å². The number of carbonyl (C=O) groups excluding carboxylic acids is 3. The first-order valence-electron chi connectivity index (χ1n) is 9.19. The van der Waals surface area contributed by atoms with Gasteiger partial charge in [-0.25, -0.2) is 4.79 Å². The third-order valence-electron chi connectivity index (χ3n) is 5.45. The number of amides is 4. The van der Waals surface area contributed by atoms with E-state index in [4.69, 9.17) is 0 Å². The standard InChI is InChI=1S/C20H22N4O3/c25-17(24-13-9-20(10-14-24)18(26)21-19(27)22-20)16-7-4-11-23(16)12-8-15-5-2-1-3-6-15/h1-7,11H,8-10,12-14H2,(H2,21,22,26,27). The van der Waals surface area contributed by atoms with Gasteiger partial charge in [-0.05, 0) is 37.0 Å². The molecule has 0 aliphatic carbocycles. The van der Waals surface area contributed by atoms with Crippen molar-refractivity contribution in [1.29, 1.82) is 0 Å². The maximum absolute atomic E-state index is 13.0. The maximum atomic E-state index is 13.0. The Morgan fingerprint density at radius 2 is 1.78 bits per heavy atom. The number of piperidine rings is 1. The Morgan fingerprint density at radius 1 is 1.04 bits per heavy atom. The van der Waals surface area contributed by atoms with Gasteiger partial charge in [0.1, 0.15) is 11.2 Å². The molecule has 1 aromatic carbocycles. The van der Waals surface area contributed by atoms with E-state index in [-0.39, 0.29) is 11.8 Å². The molecule has 0 atom stereocenters. The Balaban J connectivity index is 1.40. The number of likely N-dealkylation sites (tertiary alicyclic amines) is 1. The van der Waals surface area contributed by atoms with Gasteiger partial charge in [-0.1, -0.05) is 30.3 Å². The van der Waals surface area contributed by atoms with Crippen LogP contribution in [0.1, 0.15) is 28.9 Å². The van der Waals surface area contributed by atoms with Crippen LogP contribution in [0.5, 0.6) is 0 Å². The van der Waals surface area contributed by atoms with Gasteiger partial charge in [0, 0.05) is 25.8 Å². The van der Waals surface area contributed by atoms with E-state index >= 15 is 0 Å². The molecule has 2 saturated heterocycles. The van der Waals surface area contributed by atoms with Gasteiger partial charge in [-0.2, -0.15) is 0 Å². The molecule has 2 aliphatic heterocycles. The van der Waals surface area contributed by atoms with Crippen LogP contribution in [0.3, 0.4) is 0 Å². The summed E-state index contributed by atoms with van der Waals surface area (Å²) < 4.78 is 1.98. The molecule has 27 heavy (non-hydrogen) atoms. The zero-order valence-corrected chi connectivity index (χ0v) is 15.0. The van der Waals surface area contributed by atoms with Crippen LogP contribution in [0.4, 0.5) is 4.79 Å². The third-order valence-corrected chi connectivity index (χ3v) is 5.45. The summed E-state index contributed by atoms with van der Waals surface area (Å²) in [7, 11) is 0. The number of hydrogen-bond acceptors (Lipinski definition) is 3. The SMILES string of the molecule is O=C1NC(=O)C2(CCN(C(=O)c3cccn3CCc3ccccc3)CC2)N1. The van der Waals surface area contributed by atoms with Crippen molar-refractivity contribution in [2.75, 3.05) is 13.1 Å². The summed E-state index contributed by atoms with van der Waals surface area (Å²) in [6.45, 7) is 1.61. The van der Waals surface area contributed by atoms with Crippen LogP contribution in [0.2, 0.25) is 0 Å². The maximum Gasteiger partial charge on any atom is 0.322 e. The van der Waals surface area contributed by atoms with E-state index in [0.717, 1.165) is 13.0 Å². The van der Waals surface area contributed by atoms with Crippen LogP contribution in [0.25, 0.3) is 0 Å². The fourth-order valence-electron chi connectivity index (χ4n) is 3.83. The Kier molecular flexibility index (Phi) is 4.43. The summed E-state index contributed by atoms with van der Waals surface area (Å²) in [5, 5.41) is 5.01. The van der Waals surface area contributed by atoms with E-state index in [0.29, 0.717) is 31.6 Å². The molecule has 0 saturated carbocycles. The lowest BCUT2D eigenvalue weighted by atomic mass is 9.87. The van der Waals surface area contributed by atoms with Crippen molar-refractivity contribution in [3.63, 3.8) is 0 Å². The molecule has 7 nitrogen and oxygen atoms in total. The summed E-state index contributed by atoms with van der Waals surface area (Å²) in [4.78, 5) is 38.2. The summed E-state index contributed by atoms with van der Waals surface area (Å²) in [6.07, 6.45) is 3.64. The van der Waals surface area contributed by atoms with E-state index in [2.05, 4.69) is 22.8 Å². The number of urea groups is 1. The van der Waals surface area contributed by atoms with E-state index in [1.807, 2.05) is 41.1 Å². The Hall–Kier alpha value is -3.09. The molecule has 2 aromatic rings. The first-order chi connectivity index (χ1) is 13.1. The number of imide groups is 1. The van der Waals surface area contributed by atoms with E-state index in [9.17, 15) is 14.4 Å². The molecule has 2 aliphatic rings. The Labute approximate surface area is 157 Å². The molecule has 1 spiro atoms. The van der Waals surface area contributed by atoms with Crippen molar-refractivity contribution in [1.82, 2.24) is 20.1 Å². The van der Waals surface area contributed by atoms with Gasteiger partial charge in [0.25, 0.3) is 11.8 Å². The number of aryl methyl sites for hydroxylation is 2. The predicted molar refractivity (Wildman–Crippen MR) is 99.1 cm³/mol. The van der Waals surface area contributed by atoms with Crippen molar-refractivity contribution < 1.29 is 14.4 Å². The predicted octanol–water partition coefficient (Wildman–Crippen LogP) is 1.54. The number of carbonyl (C=O) groups is 3. The fraction of sp³-hybridized carbons (Fsp3) is 0.350. The molecule has 2 fully saturated rings. The van der Waals surface area contributed by atoms with Crippen molar-refractivity contribution in [2.24, 2.45) is 0 Å². The molecule has 0 radical (unpaired) electrons. The summed E-state index contributed by atoms with van der Waals surface area (Å²) in [5.74, 6) is -0.321. The highest BCUT2D eigenvalue weighted by molar-refractivity contribution is 6.07. The minimum absolute atomic E-state index is 0.0346. The highest BCUT2D eigenvalue weighted by Crippen LogP contribution is 2.26. The average molecular weight is 366 g/mol. The van der Waals surface area contributed by atoms with Crippen LogP contribution in [-0.2, 0) is 17.8 Å². The highest BCUT2D eigenvalue weighted by atomic mass is 16.2. The second-order valence-corrected chi connectivity index (χ2v) is 7.10. The lowest BCUT2D eigenvalue weighted by Crippen LogP contribution is -2.55. The fourth-order valence-corrected chi connectivity index (χ4v) is 3.83. The number of benzene rings is 1. The van der Waals surface area contributed by atoms with Crippen LogP contribution in [0, 0.1) is 0 Å². The first kappa shape index (κ1) is 17.3. The number of aromatic nitrogens is 1. The molecule has 7 heteroatoms. The zero-order valence-electron chi connectivity index (χ0n) is 15.0. The summed E-state index contributed by atoms with van der Waals surface area (Å²) in [6, 6.07) is 13.4. The summed E-state index contributed by atoms with van der Waals surface area (Å²) in [5.41, 5.74) is 1.03. The molecule has 140 valence electrons. The van der Waals surface area contributed by atoms with Crippen molar-refractivity contribution in [3.05, 3.63) is 59.9 Å². The van der Waals surface area contributed by atoms with Crippen molar-refractivity contribution in [2.45, 2.75) is 31.3 Å². The van der Waals surface area contributed by atoms with E-state index < -0.39 is 11.6 Å². The smallest absolute Gasteiger partial charge is 0.322 e. The molecule has 2 N–H and O–H groups in total. The van der Waals surface area contributed by atoms with Gasteiger partial charge in [-0.3, -0.25) is 14.9 Å². The quantitative estimate of drug-likeness (QED) is 0.806. The van der Waals surface area contributed by atoms with Gasteiger partial charge in [0.2, 0.25) is 0 Å². The number of rotatable bonds is 4. The minimum atomic E-state index is -0.858. The zero-order chi connectivity index (χ0) is 18.9. The monoisotopic (exact) mass is 366 g/mol. The molecule has 4 rings (SSSR count). The first-order valence-corrected chi connectivity index (χ1v) is 9.19. The van der Waals surface area contributed by atoms with Crippen LogP contribution in [-0.4, -0.2) is 45.9 Å². The lowest BCUT2D eigenvalue weighted by molar-refractivity contribution is -0.125. The Bertz CT molecular complexity index is 866. The molecule has 4 amide bonds. The lowest BCUT2D eigenvalue weighted by Gasteiger charge is -2.37. The Morgan fingerprint density at radius 3 is 2.44 bits per heavy atom. The topological polar surface area (TPSA) is 83.4 Å². The van der Waals surface area contributed by atoms with E-state index in [1.54, 1.807) is 4.90 Å². The van der Waals surface area contributed by atoms with Crippen LogP contribution in [0.15, 0.2) is 48.7 Å². The van der Waals surface area contributed by atoms with Crippen molar-refractivity contribution >= 4 is 17.8 Å². The van der Waals surface area contributed by atoms with Gasteiger partial charge in [-0.15, -0.1) is 0 Å². The summed E-state index contributed by atoms with van der Waals surface area (Å²) >= 11 is 0. The second-order valence-electron chi connectivity index (χ2n) is 7.10. The second kappa shape index (κ2) is 6.90. The normalized spacial score (nSPS) is 18.4. The molecule has 3 heterocycles. The molecular formula is C20H22N4O3. The molecular weight excluding hydrogens is 344 g/mol. The third kappa shape index (κ3) is 3.32. The molecule has 0 bridgehead atoms. The van der Waals surface area contributed by atoms with Crippen LogP contribution < -0.4 is 10.6 Å². The van der Waals surface area contributed by atoms with Gasteiger partial charge in [0.05, 0.1) is 0 Å². The molecule has 1 aromatic heterocycles. The number of nitrogens with zero attached hydrogens (tertiary/aromatic N) is 2.